The van der Waals surface area contributed by atoms with E-state index in [1.807, 2.05) is 18.2 Å². The van der Waals surface area contributed by atoms with Crippen molar-refractivity contribution < 1.29 is 17.9 Å². The number of rotatable bonds is 5. The molecule has 2 aromatic rings. The number of hydrogen-bond donors (Lipinski definition) is 1. The van der Waals surface area contributed by atoms with E-state index in [1.54, 1.807) is 6.07 Å². The molecule has 1 atom stereocenters. The number of nitrogens with zero attached hydrogens (tertiary/aromatic N) is 1. The van der Waals surface area contributed by atoms with Gasteiger partial charge in [0, 0.05) is 19.7 Å². The van der Waals surface area contributed by atoms with Gasteiger partial charge in [0.05, 0.1) is 13.2 Å². The molecule has 7 heteroatoms. The van der Waals surface area contributed by atoms with Gasteiger partial charge in [-0.25, -0.2) is 12.7 Å². The molecule has 1 N–H and O–H groups in total. The Bertz CT molecular complexity index is 954. The van der Waals surface area contributed by atoms with E-state index in [2.05, 4.69) is 11.4 Å². The Morgan fingerprint density at radius 3 is 2.63 bits per heavy atom. The molecule has 144 valence electrons. The standard InChI is InChI=1S/C20H24N2O4S/c1-22(2)27(24,25)19-13-15(11-12-18(19)26-3)20(23)21-17-10-6-8-14-7-4-5-9-16(14)17/h4-5,7,9,11-13,17H,6,8,10H2,1-3H3,(H,21,23)/t17-/m1/s1. The molecule has 0 saturated heterocycles. The molecule has 0 spiro atoms. The van der Waals surface area contributed by atoms with Gasteiger partial charge in [0.15, 0.2) is 0 Å². The first-order valence-electron chi connectivity index (χ1n) is 8.84. The third-order valence-electron chi connectivity index (χ3n) is 4.86. The van der Waals surface area contributed by atoms with E-state index in [9.17, 15) is 13.2 Å². The molecule has 0 aromatic heterocycles. The molecule has 3 rings (SSSR count). The molecule has 0 fully saturated rings. The lowest BCUT2D eigenvalue weighted by atomic mass is 9.87. The smallest absolute Gasteiger partial charge is 0.251 e. The largest absolute Gasteiger partial charge is 0.495 e. The Morgan fingerprint density at radius 1 is 1.19 bits per heavy atom. The Balaban J connectivity index is 1.90. The topological polar surface area (TPSA) is 75.7 Å². The predicted octanol–water partition coefficient (Wildman–Crippen LogP) is 2.75. The van der Waals surface area contributed by atoms with E-state index < -0.39 is 10.0 Å². The number of sulfonamides is 1. The van der Waals surface area contributed by atoms with E-state index in [1.165, 1.54) is 38.9 Å². The van der Waals surface area contributed by atoms with Crippen molar-refractivity contribution in [2.45, 2.75) is 30.2 Å². The molecular formula is C20H24N2O4S. The summed E-state index contributed by atoms with van der Waals surface area (Å²) in [7, 11) is 0.566. The zero-order chi connectivity index (χ0) is 19.6. The second kappa shape index (κ2) is 7.70. The minimum Gasteiger partial charge on any atom is -0.495 e. The maximum absolute atomic E-state index is 12.8. The lowest BCUT2D eigenvalue weighted by Gasteiger charge is -2.26. The van der Waals surface area contributed by atoms with Crippen LogP contribution in [0.1, 0.15) is 40.4 Å². The summed E-state index contributed by atoms with van der Waals surface area (Å²) in [4.78, 5) is 12.8. The van der Waals surface area contributed by atoms with Crippen LogP contribution >= 0.6 is 0 Å². The summed E-state index contributed by atoms with van der Waals surface area (Å²) >= 11 is 0. The van der Waals surface area contributed by atoms with Gasteiger partial charge in [0.2, 0.25) is 10.0 Å². The molecular weight excluding hydrogens is 364 g/mol. The SMILES string of the molecule is COc1ccc(C(=O)N[C@@H]2CCCc3ccccc32)cc1S(=O)(=O)N(C)C. The number of benzene rings is 2. The van der Waals surface area contributed by atoms with Crippen molar-refractivity contribution in [3.63, 3.8) is 0 Å². The highest BCUT2D eigenvalue weighted by molar-refractivity contribution is 7.89. The number of amides is 1. The summed E-state index contributed by atoms with van der Waals surface area (Å²) in [5, 5.41) is 3.05. The Kier molecular flexibility index (Phi) is 5.53. The van der Waals surface area contributed by atoms with E-state index in [-0.39, 0.29) is 22.6 Å². The normalized spacial score (nSPS) is 16.7. The highest BCUT2D eigenvalue weighted by Gasteiger charge is 2.26. The molecule has 0 radical (unpaired) electrons. The van der Waals surface area contributed by atoms with Crippen molar-refractivity contribution in [2.24, 2.45) is 0 Å². The predicted molar refractivity (Wildman–Crippen MR) is 103 cm³/mol. The molecule has 0 aliphatic heterocycles. The number of methoxy groups -OCH3 is 1. The molecule has 1 aliphatic carbocycles. The summed E-state index contributed by atoms with van der Waals surface area (Å²) in [5.41, 5.74) is 2.67. The van der Waals surface area contributed by atoms with Crippen LogP contribution in [0.5, 0.6) is 5.75 Å². The highest BCUT2D eigenvalue weighted by atomic mass is 32.2. The number of carbonyl (C=O) groups excluding carboxylic acids is 1. The lowest BCUT2D eigenvalue weighted by molar-refractivity contribution is 0.0932. The second-order valence-electron chi connectivity index (χ2n) is 6.77. The van der Waals surface area contributed by atoms with Gasteiger partial charge < -0.3 is 10.1 Å². The van der Waals surface area contributed by atoms with Gasteiger partial charge in [-0.15, -0.1) is 0 Å². The van der Waals surface area contributed by atoms with Crippen LogP contribution in [0.2, 0.25) is 0 Å². The van der Waals surface area contributed by atoms with Crippen molar-refractivity contribution in [3.05, 3.63) is 59.2 Å². The number of fused-ring (bicyclic) bond motifs is 1. The molecule has 1 aliphatic rings. The van der Waals surface area contributed by atoms with E-state index >= 15 is 0 Å². The van der Waals surface area contributed by atoms with Crippen molar-refractivity contribution in [1.29, 1.82) is 0 Å². The zero-order valence-electron chi connectivity index (χ0n) is 15.7. The van der Waals surface area contributed by atoms with Crippen LogP contribution in [0, 0.1) is 0 Å². The maximum atomic E-state index is 12.8. The zero-order valence-corrected chi connectivity index (χ0v) is 16.5. The molecule has 6 nitrogen and oxygen atoms in total. The van der Waals surface area contributed by atoms with Crippen molar-refractivity contribution >= 4 is 15.9 Å². The third kappa shape index (κ3) is 3.84. The van der Waals surface area contributed by atoms with Gasteiger partial charge >= 0.3 is 0 Å². The third-order valence-corrected chi connectivity index (χ3v) is 6.70. The molecule has 27 heavy (non-hydrogen) atoms. The van der Waals surface area contributed by atoms with Crippen LogP contribution in [0.15, 0.2) is 47.4 Å². The van der Waals surface area contributed by atoms with Crippen molar-refractivity contribution in [1.82, 2.24) is 9.62 Å². The van der Waals surface area contributed by atoms with Gasteiger partial charge in [-0.3, -0.25) is 4.79 Å². The van der Waals surface area contributed by atoms with Gasteiger partial charge in [-0.05, 0) is 48.6 Å². The van der Waals surface area contributed by atoms with Gasteiger partial charge in [0.1, 0.15) is 10.6 Å². The summed E-state index contributed by atoms with van der Waals surface area (Å²) in [6, 6.07) is 12.5. The average molecular weight is 388 g/mol. The Hall–Kier alpha value is -2.38. The number of hydrogen-bond acceptors (Lipinski definition) is 4. The van der Waals surface area contributed by atoms with Gasteiger partial charge in [0.25, 0.3) is 5.91 Å². The summed E-state index contributed by atoms with van der Waals surface area (Å²) in [6.07, 6.45) is 2.88. The van der Waals surface area contributed by atoms with Gasteiger partial charge in [-0.2, -0.15) is 0 Å². The molecule has 0 heterocycles. The lowest BCUT2D eigenvalue weighted by Crippen LogP contribution is -2.31. The fourth-order valence-electron chi connectivity index (χ4n) is 3.36. The van der Waals surface area contributed by atoms with E-state index in [0.29, 0.717) is 5.56 Å². The van der Waals surface area contributed by atoms with Crippen LogP contribution in [-0.2, 0) is 16.4 Å². The average Bonchev–Trinajstić information content (AvgIpc) is 2.67. The first kappa shape index (κ1) is 19.4. The summed E-state index contributed by atoms with van der Waals surface area (Å²) in [6.45, 7) is 0. The minimum absolute atomic E-state index is 0.0216. The number of nitrogens with one attached hydrogen (secondary N) is 1. The monoisotopic (exact) mass is 388 g/mol. The first-order chi connectivity index (χ1) is 12.8. The van der Waals surface area contributed by atoms with E-state index in [0.717, 1.165) is 29.1 Å². The number of carbonyl (C=O) groups is 1. The molecule has 0 unspecified atom stereocenters. The summed E-state index contributed by atoms with van der Waals surface area (Å²) in [5.74, 6) is -0.0853. The Labute approximate surface area is 160 Å². The molecule has 0 bridgehead atoms. The fraction of sp³-hybridized carbons (Fsp3) is 0.350. The molecule has 1 amide bonds. The van der Waals surface area contributed by atoms with E-state index in [4.69, 9.17) is 4.74 Å². The molecule has 0 saturated carbocycles. The minimum atomic E-state index is -3.73. The van der Waals surface area contributed by atoms with Crippen LogP contribution < -0.4 is 10.1 Å². The van der Waals surface area contributed by atoms with Crippen LogP contribution in [0.4, 0.5) is 0 Å². The van der Waals surface area contributed by atoms with Crippen LogP contribution in [0.25, 0.3) is 0 Å². The fourth-order valence-corrected chi connectivity index (χ4v) is 4.44. The molecule has 2 aromatic carbocycles. The number of aryl methyl sites for hydroxylation is 1. The summed E-state index contributed by atoms with van der Waals surface area (Å²) < 4.78 is 31.4. The first-order valence-corrected chi connectivity index (χ1v) is 10.3. The van der Waals surface area contributed by atoms with Crippen LogP contribution in [-0.4, -0.2) is 39.8 Å². The second-order valence-corrected chi connectivity index (χ2v) is 8.89. The van der Waals surface area contributed by atoms with Crippen molar-refractivity contribution in [3.8, 4) is 5.75 Å². The maximum Gasteiger partial charge on any atom is 0.251 e. The van der Waals surface area contributed by atoms with Gasteiger partial charge in [-0.1, -0.05) is 24.3 Å². The van der Waals surface area contributed by atoms with Crippen LogP contribution in [0.3, 0.4) is 0 Å². The number of ether oxygens (including phenoxy) is 1. The quantitative estimate of drug-likeness (QED) is 0.855. The Morgan fingerprint density at radius 2 is 1.93 bits per heavy atom. The highest BCUT2D eigenvalue weighted by Crippen LogP contribution is 2.31. The van der Waals surface area contributed by atoms with Crippen molar-refractivity contribution in [2.75, 3.05) is 21.2 Å².